The SMILES string of the molecule is CC(C)P1(C(C)(C)C)=NP(C(C)C)(C(C)(C)C)=NP(C(C)(C)C)(C(C)(C)C)=N1. The lowest BCUT2D eigenvalue weighted by Crippen LogP contribution is -2.32. The minimum Gasteiger partial charge on any atom is -0.239 e. The molecular formula is C22H50N3P3. The van der Waals surface area contributed by atoms with Gasteiger partial charge in [0.2, 0.25) is 0 Å². The zero-order valence-electron chi connectivity index (χ0n) is 21.8. The van der Waals surface area contributed by atoms with Crippen molar-refractivity contribution in [2.45, 2.75) is 143 Å². The van der Waals surface area contributed by atoms with E-state index in [9.17, 15) is 0 Å². The average molecular weight is 450 g/mol. The standard InChI is InChI=1S/C22H50N3P3/c1-17(2)26(19(5,6)7)23-27(18(3)4,20(8,9)10)25-28(24-26,21(11,12)13)22(14,15)16/h17-18H,1-16H3. The van der Waals surface area contributed by atoms with Gasteiger partial charge in [-0.1, -0.05) is 111 Å². The fourth-order valence-electron chi connectivity index (χ4n) is 4.70. The molecule has 2 atom stereocenters. The summed E-state index contributed by atoms with van der Waals surface area (Å²) in [4.78, 5) is 0. The monoisotopic (exact) mass is 449 g/mol. The van der Waals surface area contributed by atoms with Crippen LogP contribution in [-0.2, 0) is 0 Å². The van der Waals surface area contributed by atoms with Gasteiger partial charge in [-0.25, -0.2) is 13.5 Å². The molecule has 0 spiro atoms. The molecule has 0 bridgehead atoms. The third-order valence-electron chi connectivity index (χ3n) is 6.09. The van der Waals surface area contributed by atoms with E-state index < -0.39 is 21.6 Å². The molecule has 0 radical (unpaired) electrons. The Hall–Kier alpha value is 0.690. The predicted molar refractivity (Wildman–Crippen MR) is 137 cm³/mol. The fraction of sp³-hybridized carbons (Fsp3) is 1.00. The van der Waals surface area contributed by atoms with E-state index in [4.69, 9.17) is 13.5 Å². The summed E-state index contributed by atoms with van der Waals surface area (Å²) in [5.41, 5.74) is 0.903. The van der Waals surface area contributed by atoms with Crippen molar-refractivity contribution >= 4 is 21.6 Å². The van der Waals surface area contributed by atoms with E-state index >= 15 is 0 Å². The minimum absolute atomic E-state index is 0.0397. The molecule has 28 heavy (non-hydrogen) atoms. The van der Waals surface area contributed by atoms with Crippen LogP contribution in [0.15, 0.2) is 13.5 Å². The Kier molecular flexibility index (Phi) is 7.05. The Morgan fingerprint density at radius 2 is 0.714 bits per heavy atom. The highest BCUT2D eigenvalue weighted by atomic mass is 31.3. The lowest BCUT2D eigenvalue weighted by molar-refractivity contribution is 0.690. The molecule has 0 aromatic carbocycles. The van der Waals surface area contributed by atoms with Gasteiger partial charge >= 0.3 is 0 Å². The molecule has 1 aliphatic rings. The van der Waals surface area contributed by atoms with Gasteiger partial charge in [-0.15, -0.1) is 0 Å². The van der Waals surface area contributed by atoms with E-state index in [1.54, 1.807) is 0 Å². The highest BCUT2D eigenvalue weighted by Crippen LogP contribution is 2.90. The number of nitrogens with zero attached hydrogens (tertiary/aromatic N) is 3. The van der Waals surface area contributed by atoms with Gasteiger partial charge in [0.1, 0.15) is 0 Å². The number of hydrogen-bond donors (Lipinski definition) is 0. The molecule has 6 heteroatoms. The molecule has 0 aromatic heterocycles. The third kappa shape index (κ3) is 3.96. The highest BCUT2D eigenvalue weighted by Gasteiger charge is 2.54. The van der Waals surface area contributed by atoms with Crippen LogP contribution in [0.3, 0.4) is 0 Å². The predicted octanol–water partition coefficient (Wildman–Crippen LogP) is 10.4. The summed E-state index contributed by atoms with van der Waals surface area (Å²) >= 11 is 0. The summed E-state index contributed by atoms with van der Waals surface area (Å²) < 4.78 is 17.9. The van der Waals surface area contributed by atoms with Gasteiger partial charge in [-0.3, -0.25) is 0 Å². The Morgan fingerprint density at radius 3 is 0.929 bits per heavy atom. The lowest BCUT2D eigenvalue weighted by Gasteiger charge is -2.54. The Morgan fingerprint density at radius 1 is 0.429 bits per heavy atom. The molecule has 0 saturated carbocycles. The Balaban J connectivity index is 4.59. The molecule has 3 nitrogen and oxygen atoms in total. The van der Waals surface area contributed by atoms with Gasteiger partial charge in [0, 0.05) is 31.9 Å². The second-order valence-electron chi connectivity index (χ2n) is 13.0. The molecule has 0 aliphatic carbocycles. The molecular weight excluding hydrogens is 399 g/mol. The van der Waals surface area contributed by atoms with Gasteiger partial charge < -0.3 is 0 Å². The van der Waals surface area contributed by atoms with Crippen LogP contribution in [0.2, 0.25) is 0 Å². The zero-order chi connectivity index (χ0) is 22.8. The summed E-state index contributed by atoms with van der Waals surface area (Å²) in [6, 6.07) is 0. The first-order chi connectivity index (χ1) is 12.0. The molecule has 0 aromatic rings. The van der Waals surface area contributed by atoms with E-state index in [-0.39, 0.29) is 20.6 Å². The van der Waals surface area contributed by atoms with E-state index in [0.717, 1.165) is 0 Å². The normalized spacial score (nSPS) is 29.4. The van der Waals surface area contributed by atoms with Gasteiger partial charge in [-0.2, -0.15) is 0 Å². The molecule has 1 rings (SSSR count). The summed E-state index contributed by atoms with van der Waals surface area (Å²) in [5, 5.41) is 0.199. The maximum absolute atomic E-state index is 5.97. The topological polar surface area (TPSA) is 37.1 Å². The van der Waals surface area contributed by atoms with Gasteiger partial charge in [0.15, 0.2) is 0 Å². The van der Waals surface area contributed by atoms with Crippen molar-refractivity contribution in [3.63, 3.8) is 0 Å². The van der Waals surface area contributed by atoms with Crippen molar-refractivity contribution in [2.75, 3.05) is 0 Å². The number of rotatable bonds is 2. The molecule has 168 valence electrons. The Bertz CT molecular complexity index is 715. The maximum Gasteiger partial charge on any atom is 0.0909 e. The first-order valence-corrected chi connectivity index (χ1v) is 16.1. The minimum atomic E-state index is -2.05. The Labute approximate surface area is 178 Å². The van der Waals surface area contributed by atoms with Crippen LogP contribution in [0.4, 0.5) is 0 Å². The molecule has 1 aliphatic heterocycles. The van der Waals surface area contributed by atoms with Crippen molar-refractivity contribution in [1.29, 1.82) is 0 Å². The lowest BCUT2D eigenvalue weighted by atomic mass is 10.2. The van der Waals surface area contributed by atoms with Crippen LogP contribution < -0.4 is 0 Å². The smallest absolute Gasteiger partial charge is 0.0909 e. The van der Waals surface area contributed by atoms with Crippen LogP contribution >= 0.6 is 21.6 Å². The van der Waals surface area contributed by atoms with E-state index in [2.05, 4.69) is 111 Å². The molecule has 1 heterocycles. The second kappa shape index (κ2) is 7.38. The van der Waals surface area contributed by atoms with E-state index in [1.165, 1.54) is 0 Å². The van der Waals surface area contributed by atoms with Gasteiger partial charge in [-0.05, 0) is 0 Å². The summed E-state index contributed by atoms with van der Waals surface area (Å²) in [5.74, 6) is 0. The molecule has 0 saturated heterocycles. The molecule has 2 unspecified atom stereocenters. The third-order valence-corrected chi connectivity index (χ3v) is 23.1. The van der Waals surface area contributed by atoms with Crippen LogP contribution in [0.1, 0.15) is 111 Å². The largest absolute Gasteiger partial charge is 0.239 e. The van der Waals surface area contributed by atoms with E-state index in [1.807, 2.05) is 0 Å². The quantitative estimate of drug-likeness (QED) is 0.376. The van der Waals surface area contributed by atoms with Gasteiger partial charge in [0.25, 0.3) is 0 Å². The highest BCUT2D eigenvalue weighted by molar-refractivity contribution is 7.89. The van der Waals surface area contributed by atoms with Crippen LogP contribution in [0, 0.1) is 0 Å². The van der Waals surface area contributed by atoms with Crippen molar-refractivity contribution in [3.8, 4) is 0 Å². The maximum atomic E-state index is 5.97. The zero-order valence-corrected chi connectivity index (χ0v) is 24.5. The van der Waals surface area contributed by atoms with Crippen molar-refractivity contribution in [2.24, 2.45) is 13.5 Å². The molecule has 0 fully saturated rings. The van der Waals surface area contributed by atoms with Crippen LogP contribution in [-0.4, -0.2) is 31.9 Å². The summed E-state index contributed by atoms with van der Waals surface area (Å²) in [6.45, 7) is 38.1. The second-order valence-corrected chi connectivity index (χ2v) is 26.4. The van der Waals surface area contributed by atoms with Crippen molar-refractivity contribution in [3.05, 3.63) is 0 Å². The summed E-state index contributed by atoms with van der Waals surface area (Å²) in [7, 11) is -6.00. The average Bonchev–Trinajstić information content (AvgIpc) is 2.41. The van der Waals surface area contributed by atoms with Gasteiger partial charge in [0.05, 0.1) is 21.6 Å². The van der Waals surface area contributed by atoms with Crippen molar-refractivity contribution in [1.82, 2.24) is 0 Å². The first-order valence-electron chi connectivity index (χ1n) is 10.9. The van der Waals surface area contributed by atoms with E-state index in [0.29, 0.717) is 11.3 Å². The molecule has 0 N–H and O–H groups in total. The number of hydrogen-bond acceptors (Lipinski definition) is 3. The first kappa shape index (κ1) is 26.7. The van der Waals surface area contributed by atoms with Crippen LogP contribution in [0.5, 0.6) is 0 Å². The fourth-order valence-corrected chi connectivity index (χ4v) is 27.9. The molecule has 0 amide bonds. The van der Waals surface area contributed by atoms with Crippen LogP contribution in [0.25, 0.3) is 0 Å². The summed E-state index contributed by atoms with van der Waals surface area (Å²) in [6.07, 6.45) is 0. The van der Waals surface area contributed by atoms with Crippen molar-refractivity contribution < 1.29 is 0 Å².